The average molecular weight is 276 g/mol. The second kappa shape index (κ2) is 6.88. The molecule has 1 atom stereocenters. The summed E-state index contributed by atoms with van der Waals surface area (Å²) in [7, 11) is 2.03. The largest absolute Gasteiger partial charge is 0.320 e. The molecule has 0 saturated carbocycles. The molecule has 0 spiro atoms. The molecule has 0 aromatic heterocycles. The van der Waals surface area contributed by atoms with Crippen LogP contribution in [0.1, 0.15) is 38.8 Å². The Bertz CT molecular complexity index is 506. The summed E-state index contributed by atoms with van der Waals surface area (Å²) in [6.45, 7) is 9.62. The fourth-order valence-corrected chi connectivity index (χ4v) is 1.97. The summed E-state index contributed by atoms with van der Waals surface area (Å²) >= 11 is 0. The molecule has 1 rings (SSSR count). The number of rotatable bonds is 3. The molecule has 0 fully saturated rings. The van der Waals surface area contributed by atoms with Crippen LogP contribution >= 0.6 is 0 Å². The molecule has 2 nitrogen and oxygen atoms in total. The molecule has 1 aromatic rings. The van der Waals surface area contributed by atoms with Crippen molar-refractivity contribution in [2.45, 2.75) is 40.3 Å². The van der Waals surface area contributed by atoms with Gasteiger partial charge in [-0.3, -0.25) is 4.90 Å². The lowest BCUT2D eigenvalue weighted by atomic mass is 9.87. The lowest BCUT2D eigenvalue weighted by Crippen LogP contribution is -2.38. The Morgan fingerprint density at radius 3 is 2.50 bits per heavy atom. The molecule has 3 heteroatoms. The van der Waals surface area contributed by atoms with Gasteiger partial charge in [-0.2, -0.15) is 0 Å². The monoisotopic (exact) mass is 276 g/mol. The van der Waals surface area contributed by atoms with Crippen LogP contribution in [0, 0.1) is 23.1 Å². The Hall–Kier alpha value is -1.37. The van der Waals surface area contributed by atoms with Gasteiger partial charge in [-0.25, -0.2) is 4.39 Å². The van der Waals surface area contributed by atoms with Crippen molar-refractivity contribution in [1.29, 1.82) is 0 Å². The molecular formula is C17H25FN2. The second-order valence-electron chi connectivity index (χ2n) is 6.27. The van der Waals surface area contributed by atoms with Crippen molar-refractivity contribution in [3.8, 4) is 11.8 Å². The fourth-order valence-electron chi connectivity index (χ4n) is 1.97. The quantitative estimate of drug-likeness (QED) is 0.860. The van der Waals surface area contributed by atoms with E-state index < -0.39 is 0 Å². The first-order valence-corrected chi connectivity index (χ1v) is 6.93. The molecule has 2 N–H and O–H groups in total. The van der Waals surface area contributed by atoms with Crippen LogP contribution in [0.15, 0.2) is 18.2 Å². The van der Waals surface area contributed by atoms with Gasteiger partial charge in [0.2, 0.25) is 0 Å². The van der Waals surface area contributed by atoms with Crippen molar-refractivity contribution in [1.82, 2.24) is 4.90 Å². The van der Waals surface area contributed by atoms with E-state index in [-0.39, 0.29) is 17.8 Å². The van der Waals surface area contributed by atoms with E-state index in [0.29, 0.717) is 23.7 Å². The first-order chi connectivity index (χ1) is 9.25. The molecular weight excluding hydrogens is 251 g/mol. The minimum atomic E-state index is -0.207. The van der Waals surface area contributed by atoms with E-state index in [1.807, 2.05) is 19.2 Å². The fraction of sp³-hybridized carbons (Fsp3) is 0.529. The van der Waals surface area contributed by atoms with E-state index in [4.69, 9.17) is 5.73 Å². The van der Waals surface area contributed by atoms with Gasteiger partial charge in [-0.05, 0) is 31.5 Å². The van der Waals surface area contributed by atoms with E-state index >= 15 is 0 Å². The summed E-state index contributed by atoms with van der Waals surface area (Å²) in [4.78, 5) is 2.17. The molecule has 0 saturated heterocycles. The van der Waals surface area contributed by atoms with Crippen molar-refractivity contribution in [3.63, 3.8) is 0 Å². The smallest absolute Gasteiger partial charge is 0.128 e. The first-order valence-electron chi connectivity index (χ1n) is 6.93. The summed E-state index contributed by atoms with van der Waals surface area (Å²) in [6.07, 6.45) is 0. The zero-order valence-electron chi connectivity index (χ0n) is 13.1. The van der Waals surface area contributed by atoms with Crippen LogP contribution in [0.3, 0.4) is 0 Å². The number of hydrogen-bond acceptors (Lipinski definition) is 2. The summed E-state index contributed by atoms with van der Waals surface area (Å²) in [5, 5.41) is 0. The van der Waals surface area contributed by atoms with Gasteiger partial charge in [-0.1, -0.05) is 38.7 Å². The third kappa shape index (κ3) is 4.63. The molecule has 0 bridgehead atoms. The molecule has 0 heterocycles. The van der Waals surface area contributed by atoms with E-state index in [2.05, 4.69) is 44.4 Å². The van der Waals surface area contributed by atoms with Crippen molar-refractivity contribution in [3.05, 3.63) is 35.1 Å². The molecule has 0 amide bonds. The SMILES string of the molecule is CC(N(C)Cc1ccc(C#CCN)cc1F)C(C)(C)C. The molecule has 0 aliphatic rings. The van der Waals surface area contributed by atoms with Crippen LogP contribution in [0.2, 0.25) is 0 Å². The molecule has 0 aliphatic heterocycles. The lowest BCUT2D eigenvalue weighted by Gasteiger charge is -2.35. The highest BCUT2D eigenvalue weighted by Gasteiger charge is 2.24. The van der Waals surface area contributed by atoms with Crippen molar-refractivity contribution >= 4 is 0 Å². The number of hydrogen-bond donors (Lipinski definition) is 1. The van der Waals surface area contributed by atoms with Crippen molar-refractivity contribution in [2.24, 2.45) is 11.1 Å². The third-order valence-electron chi connectivity index (χ3n) is 3.72. The Morgan fingerprint density at radius 1 is 1.35 bits per heavy atom. The maximum atomic E-state index is 14.1. The summed E-state index contributed by atoms with van der Waals surface area (Å²) in [6, 6.07) is 5.49. The van der Waals surface area contributed by atoms with Crippen LogP contribution in [-0.2, 0) is 6.54 Å². The van der Waals surface area contributed by atoms with Gasteiger partial charge in [0.15, 0.2) is 0 Å². The molecule has 110 valence electrons. The Labute approximate surface area is 122 Å². The number of benzene rings is 1. The van der Waals surface area contributed by atoms with Gasteiger partial charge in [0.05, 0.1) is 6.54 Å². The number of halogens is 1. The summed E-state index contributed by atoms with van der Waals surface area (Å²) in [5.41, 5.74) is 6.84. The maximum absolute atomic E-state index is 14.1. The molecule has 1 aromatic carbocycles. The van der Waals surface area contributed by atoms with Crippen molar-refractivity contribution < 1.29 is 4.39 Å². The highest BCUT2D eigenvalue weighted by molar-refractivity contribution is 5.37. The van der Waals surface area contributed by atoms with Crippen LogP contribution in [0.25, 0.3) is 0 Å². The van der Waals surface area contributed by atoms with Gasteiger partial charge in [0.1, 0.15) is 5.82 Å². The predicted octanol–water partition coefficient (Wildman–Crippen LogP) is 3.00. The van der Waals surface area contributed by atoms with E-state index in [1.54, 1.807) is 0 Å². The topological polar surface area (TPSA) is 29.3 Å². The highest BCUT2D eigenvalue weighted by Crippen LogP contribution is 2.24. The van der Waals surface area contributed by atoms with Gasteiger partial charge in [0.25, 0.3) is 0 Å². The van der Waals surface area contributed by atoms with Gasteiger partial charge in [0, 0.05) is 23.7 Å². The number of nitrogens with zero attached hydrogens (tertiary/aromatic N) is 1. The normalized spacial score (nSPS) is 13.0. The zero-order chi connectivity index (χ0) is 15.3. The standard InChI is InChI=1S/C17H25FN2/c1-13(17(2,3)4)20(5)12-15-9-8-14(7-6-10-19)11-16(15)18/h8-9,11,13H,10,12,19H2,1-5H3. The first kappa shape index (κ1) is 16.7. The molecule has 20 heavy (non-hydrogen) atoms. The maximum Gasteiger partial charge on any atom is 0.128 e. The zero-order valence-corrected chi connectivity index (χ0v) is 13.1. The van der Waals surface area contributed by atoms with Crippen LogP contribution in [0.5, 0.6) is 0 Å². The van der Waals surface area contributed by atoms with Crippen LogP contribution in [-0.4, -0.2) is 24.5 Å². The molecule has 0 radical (unpaired) electrons. The Morgan fingerprint density at radius 2 is 2.00 bits per heavy atom. The van der Waals surface area contributed by atoms with Gasteiger partial charge < -0.3 is 5.73 Å². The van der Waals surface area contributed by atoms with Gasteiger partial charge >= 0.3 is 0 Å². The van der Waals surface area contributed by atoms with Crippen LogP contribution in [0.4, 0.5) is 4.39 Å². The molecule has 1 unspecified atom stereocenters. The lowest BCUT2D eigenvalue weighted by molar-refractivity contribution is 0.133. The van der Waals surface area contributed by atoms with Gasteiger partial charge in [-0.15, -0.1) is 0 Å². The van der Waals surface area contributed by atoms with E-state index in [1.165, 1.54) is 6.07 Å². The Balaban J connectivity index is 2.83. The second-order valence-corrected chi connectivity index (χ2v) is 6.27. The van der Waals surface area contributed by atoms with Crippen LogP contribution < -0.4 is 5.73 Å². The summed E-state index contributed by atoms with van der Waals surface area (Å²) < 4.78 is 14.1. The highest BCUT2D eigenvalue weighted by atomic mass is 19.1. The van der Waals surface area contributed by atoms with Crippen molar-refractivity contribution in [2.75, 3.05) is 13.6 Å². The molecule has 0 aliphatic carbocycles. The predicted molar refractivity (Wildman–Crippen MR) is 82.7 cm³/mol. The minimum absolute atomic E-state index is 0.164. The van der Waals surface area contributed by atoms with E-state index in [9.17, 15) is 4.39 Å². The minimum Gasteiger partial charge on any atom is -0.320 e. The summed E-state index contributed by atoms with van der Waals surface area (Å²) in [5.74, 6) is 5.37. The third-order valence-corrected chi connectivity index (χ3v) is 3.72. The van der Waals surface area contributed by atoms with E-state index in [0.717, 1.165) is 0 Å². The number of nitrogens with two attached hydrogens (primary N) is 1. The Kier molecular flexibility index (Phi) is 5.74. The average Bonchev–Trinajstić information content (AvgIpc) is 2.37.